The molecule has 1 aliphatic carbocycles. The third-order valence-corrected chi connectivity index (χ3v) is 5.01. The lowest BCUT2D eigenvalue weighted by Gasteiger charge is -2.15. The first-order chi connectivity index (χ1) is 10.2. The van der Waals surface area contributed by atoms with E-state index in [9.17, 15) is 0 Å². The average molecular weight is 293 g/mol. The van der Waals surface area contributed by atoms with Crippen LogP contribution in [0.5, 0.6) is 0 Å². The number of halogens is 1. The van der Waals surface area contributed by atoms with E-state index in [1.807, 2.05) is 0 Å². The molecule has 0 N–H and O–H groups in total. The van der Waals surface area contributed by atoms with Gasteiger partial charge in [0.25, 0.3) is 0 Å². The Hall–Kier alpha value is -1.79. The highest BCUT2D eigenvalue weighted by Crippen LogP contribution is 2.39. The number of rotatable bonds is 2. The van der Waals surface area contributed by atoms with E-state index in [2.05, 4.69) is 61.5 Å². The number of aryl methyl sites for hydroxylation is 3. The molecule has 0 fully saturated rings. The molecule has 4 rings (SSSR count). The molecule has 1 aliphatic rings. The van der Waals surface area contributed by atoms with Gasteiger partial charge in [0.05, 0.1) is 5.38 Å². The van der Waals surface area contributed by atoms with Crippen LogP contribution >= 0.6 is 11.6 Å². The summed E-state index contributed by atoms with van der Waals surface area (Å²) in [5, 5.41) is 2.67. The van der Waals surface area contributed by atoms with Crippen molar-refractivity contribution in [3.05, 3.63) is 82.4 Å². The topological polar surface area (TPSA) is 0 Å². The molecular weight excluding hydrogens is 276 g/mol. The molecule has 1 atom stereocenters. The van der Waals surface area contributed by atoms with Gasteiger partial charge < -0.3 is 0 Å². The van der Waals surface area contributed by atoms with Gasteiger partial charge in [-0.2, -0.15) is 0 Å². The van der Waals surface area contributed by atoms with Crippen molar-refractivity contribution in [3.63, 3.8) is 0 Å². The van der Waals surface area contributed by atoms with Crippen molar-refractivity contribution < 1.29 is 0 Å². The van der Waals surface area contributed by atoms with E-state index in [0.717, 1.165) is 12.8 Å². The van der Waals surface area contributed by atoms with Crippen LogP contribution in [0.3, 0.4) is 0 Å². The quantitative estimate of drug-likeness (QED) is 0.541. The van der Waals surface area contributed by atoms with Crippen molar-refractivity contribution in [3.8, 4) is 0 Å². The lowest BCUT2D eigenvalue weighted by molar-refractivity contribution is 1.02. The van der Waals surface area contributed by atoms with E-state index in [-0.39, 0.29) is 5.38 Å². The molecule has 0 radical (unpaired) electrons. The number of hydrogen-bond acceptors (Lipinski definition) is 0. The zero-order valence-corrected chi connectivity index (χ0v) is 12.8. The third kappa shape index (κ3) is 2.06. The fourth-order valence-corrected chi connectivity index (χ4v) is 3.82. The first kappa shape index (κ1) is 12.9. The Labute approximate surface area is 130 Å². The van der Waals surface area contributed by atoms with Crippen LogP contribution in [0.25, 0.3) is 10.8 Å². The molecule has 0 nitrogen and oxygen atoms in total. The van der Waals surface area contributed by atoms with Gasteiger partial charge >= 0.3 is 0 Å². The lowest BCUT2D eigenvalue weighted by atomic mass is 9.95. The fourth-order valence-electron chi connectivity index (χ4n) is 3.50. The summed E-state index contributed by atoms with van der Waals surface area (Å²) in [5.41, 5.74) is 6.60. The normalized spacial score (nSPS) is 14.6. The second-order valence-electron chi connectivity index (χ2n) is 5.93. The van der Waals surface area contributed by atoms with Gasteiger partial charge in [-0.25, -0.2) is 0 Å². The first-order valence-corrected chi connectivity index (χ1v) is 7.92. The lowest BCUT2D eigenvalue weighted by Crippen LogP contribution is -1.96. The monoisotopic (exact) mass is 292 g/mol. The molecule has 1 heteroatoms. The number of benzene rings is 3. The van der Waals surface area contributed by atoms with Crippen LogP contribution in [-0.2, 0) is 12.8 Å². The highest BCUT2D eigenvalue weighted by Gasteiger charge is 2.19. The zero-order valence-electron chi connectivity index (χ0n) is 12.1. The van der Waals surface area contributed by atoms with Crippen LogP contribution in [0.4, 0.5) is 0 Å². The predicted octanol–water partition coefficient (Wildman–Crippen LogP) is 5.58. The maximum atomic E-state index is 6.81. The summed E-state index contributed by atoms with van der Waals surface area (Å²) in [6, 6.07) is 19.6. The van der Waals surface area contributed by atoms with Gasteiger partial charge in [-0.15, -0.1) is 11.6 Å². The molecule has 3 aromatic carbocycles. The minimum atomic E-state index is -0.0881. The zero-order chi connectivity index (χ0) is 14.4. The Morgan fingerprint density at radius 3 is 2.48 bits per heavy atom. The summed E-state index contributed by atoms with van der Waals surface area (Å²) in [6.07, 6.45) is 2.32. The molecule has 0 bridgehead atoms. The maximum Gasteiger partial charge on any atom is 0.0841 e. The van der Waals surface area contributed by atoms with Gasteiger partial charge in [0.1, 0.15) is 0 Å². The second-order valence-corrected chi connectivity index (χ2v) is 6.37. The van der Waals surface area contributed by atoms with E-state index in [1.54, 1.807) is 0 Å². The van der Waals surface area contributed by atoms with E-state index in [4.69, 9.17) is 11.6 Å². The molecule has 0 aromatic heterocycles. The highest BCUT2D eigenvalue weighted by atomic mass is 35.5. The fraction of sp³-hybridized carbons (Fsp3) is 0.200. The molecule has 21 heavy (non-hydrogen) atoms. The standard InChI is InChI=1S/C20H17Cl/c1-13-4-2-6-16(12-13)20(21)18-11-10-15-9-8-14-5-3-7-17(18)19(14)15/h2-7,10-12,20H,8-9H2,1H3. The minimum Gasteiger partial charge on any atom is -0.113 e. The van der Waals surface area contributed by atoms with Crippen molar-refractivity contribution in [2.45, 2.75) is 25.1 Å². The highest BCUT2D eigenvalue weighted by molar-refractivity contribution is 6.23. The summed E-state index contributed by atoms with van der Waals surface area (Å²) in [5.74, 6) is 0. The van der Waals surface area contributed by atoms with Crippen LogP contribution < -0.4 is 0 Å². The summed E-state index contributed by atoms with van der Waals surface area (Å²) < 4.78 is 0. The Bertz CT molecular complexity index is 822. The predicted molar refractivity (Wildman–Crippen MR) is 90.2 cm³/mol. The number of alkyl halides is 1. The molecule has 0 aliphatic heterocycles. The Kier molecular flexibility index (Phi) is 3.01. The second kappa shape index (κ2) is 4.89. The molecule has 3 aromatic rings. The van der Waals surface area contributed by atoms with Crippen LogP contribution in [0, 0.1) is 6.92 Å². The molecule has 0 saturated heterocycles. The van der Waals surface area contributed by atoms with Gasteiger partial charge in [0, 0.05) is 0 Å². The summed E-state index contributed by atoms with van der Waals surface area (Å²) in [7, 11) is 0. The summed E-state index contributed by atoms with van der Waals surface area (Å²) in [4.78, 5) is 0. The Morgan fingerprint density at radius 1 is 0.905 bits per heavy atom. The van der Waals surface area contributed by atoms with Crippen LogP contribution in [0.2, 0.25) is 0 Å². The van der Waals surface area contributed by atoms with Crippen molar-refractivity contribution >= 4 is 22.4 Å². The van der Waals surface area contributed by atoms with Crippen molar-refractivity contribution in [2.75, 3.05) is 0 Å². The molecule has 0 amide bonds. The summed E-state index contributed by atoms with van der Waals surface area (Å²) in [6.45, 7) is 2.11. The Morgan fingerprint density at radius 2 is 1.67 bits per heavy atom. The molecule has 1 unspecified atom stereocenters. The molecule has 0 saturated carbocycles. The van der Waals surface area contributed by atoms with Gasteiger partial charge in [-0.3, -0.25) is 0 Å². The smallest absolute Gasteiger partial charge is 0.0841 e. The van der Waals surface area contributed by atoms with Crippen LogP contribution in [0.1, 0.15) is 33.2 Å². The maximum absolute atomic E-state index is 6.81. The largest absolute Gasteiger partial charge is 0.113 e. The molecule has 0 spiro atoms. The van der Waals surface area contributed by atoms with Crippen molar-refractivity contribution in [1.82, 2.24) is 0 Å². The van der Waals surface area contributed by atoms with Gasteiger partial charge in [-0.1, -0.05) is 60.2 Å². The van der Waals surface area contributed by atoms with Gasteiger partial charge in [0.15, 0.2) is 0 Å². The van der Waals surface area contributed by atoms with Crippen LogP contribution in [-0.4, -0.2) is 0 Å². The van der Waals surface area contributed by atoms with Crippen molar-refractivity contribution in [2.24, 2.45) is 0 Å². The SMILES string of the molecule is Cc1cccc(C(Cl)c2ccc3c4c(cccc24)CC3)c1. The average Bonchev–Trinajstić information content (AvgIpc) is 2.92. The number of hydrogen-bond donors (Lipinski definition) is 0. The van der Waals surface area contributed by atoms with Gasteiger partial charge in [0.2, 0.25) is 0 Å². The van der Waals surface area contributed by atoms with Gasteiger partial charge in [-0.05, 0) is 52.8 Å². The minimum absolute atomic E-state index is 0.0881. The summed E-state index contributed by atoms with van der Waals surface area (Å²) >= 11 is 6.81. The van der Waals surface area contributed by atoms with Crippen LogP contribution in [0.15, 0.2) is 54.6 Å². The van der Waals surface area contributed by atoms with E-state index in [0.29, 0.717) is 0 Å². The Balaban J connectivity index is 1.92. The third-order valence-electron chi connectivity index (χ3n) is 4.52. The molecule has 0 heterocycles. The first-order valence-electron chi connectivity index (χ1n) is 7.48. The molecular formula is C20H17Cl. The van der Waals surface area contributed by atoms with E-state index in [1.165, 1.54) is 38.6 Å². The molecule has 104 valence electrons. The van der Waals surface area contributed by atoms with Crippen molar-refractivity contribution in [1.29, 1.82) is 0 Å². The van der Waals surface area contributed by atoms with E-state index >= 15 is 0 Å². The van der Waals surface area contributed by atoms with E-state index < -0.39 is 0 Å².